The minimum Gasteiger partial charge on any atom is -0.434 e. The first-order chi connectivity index (χ1) is 9.65. The molecule has 0 spiro atoms. The molecular weight excluding hydrogens is 264 g/mol. The quantitative estimate of drug-likeness (QED) is 0.665. The first-order valence-corrected chi connectivity index (χ1v) is 7.00. The Morgan fingerprint density at radius 1 is 1.20 bits per heavy atom. The van der Waals surface area contributed by atoms with E-state index in [0.717, 1.165) is 31.6 Å². The van der Waals surface area contributed by atoms with Gasteiger partial charge in [-0.05, 0) is 32.4 Å². The maximum absolute atomic E-state index is 12.3. The van der Waals surface area contributed by atoms with E-state index >= 15 is 0 Å². The summed E-state index contributed by atoms with van der Waals surface area (Å²) in [7, 11) is 0. The molecule has 0 aliphatic carbocycles. The molecule has 0 saturated heterocycles. The van der Waals surface area contributed by atoms with Gasteiger partial charge in [0.05, 0.1) is 0 Å². The van der Waals surface area contributed by atoms with Gasteiger partial charge in [0.1, 0.15) is 5.75 Å². The maximum atomic E-state index is 12.3. The van der Waals surface area contributed by atoms with Crippen molar-refractivity contribution in [1.29, 1.82) is 0 Å². The van der Waals surface area contributed by atoms with Crippen LogP contribution >= 0.6 is 0 Å². The van der Waals surface area contributed by atoms with Crippen molar-refractivity contribution in [3.05, 3.63) is 29.8 Å². The number of halogens is 2. The molecule has 1 aromatic rings. The standard InChI is InChI=1S/C15H23F2NO2/c1-3-10-19-11-6-9-18-12(2)13-7-4-5-8-14(13)20-15(16)17/h4-5,7-8,12,15,18H,3,6,9-11H2,1-2H3. The number of hydrogen-bond acceptors (Lipinski definition) is 3. The first-order valence-electron chi connectivity index (χ1n) is 7.00. The number of para-hydroxylation sites is 1. The van der Waals surface area contributed by atoms with Gasteiger partial charge in [-0.25, -0.2) is 0 Å². The molecule has 1 unspecified atom stereocenters. The number of nitrogens with one attached hydrogen (secondary N) is 1. The molecule has 0 heterocycles. The molecule has 0 saturated carbocycles. The van der Waals surface area contributed by atoms with Crippen molar-refractivity contribution in [1.82, 2.24) is 5.32 Å². The molecule has 3 nitrogen and oxygen atoms in total. The number of ether oxygens (including phenoxy) is 2. The molecule has 1 rings (SSSR count). The third kappa shape index (κ3) is 6.30. The summed E-state index contributed by atoms with van der Waals surface area (Å²) in [5, 5.41) is 3.28. The highest BCUT2D eigenvalue weighted by Crippen LogP contribution is 2.26. The molecule has 0 radical (unpaired) electrons. The van der Waals surface area contributed by atoms with Crippen molar-refractivity contribution < 1.29 is 18.3 Å². The second-order valence-electron chi connectivity index (χ2n) is 4.56. The predicted molar refractivity (Wildman–Crippen MR) is 75.2 cm³/mol. The molecule has 1 atom stereocenters. The average Bonchev–Trinajstić information content (AvgIpc) is 2.42. The highest BCUT2D eigenvalue weighted by atomic mass is 19.3. The van der Waals surface area contributed by atoms with Gasteiger partial charge in [0.25, 0.3) is 0 Å². The summed E-state index contributed by atoms with van der Waals surface area (Å²) in [5.74, 6) is 0.227. The molecule has 20 heavy (non-hydrogen) atoms. The lowest BCUT2D eigenvalue weighted by Gasteiger charge is -2.18. The smallest absolute Gasteiger partial charge is 0.387 e. The molecule has 1 N–H and O–H groups in total. The van der Waals surface area contributed by atoms with E-state index in [-0.39, 0.29) is 11.8 Å². The van der Waals surface area contributed by atoms with Crippen molar-refractivity contribution in [3.63, 3.8) is 0 Å². The van der Waals surface area contributed by atoms with Crippen LogP contribution < -0.4 is 10.1 Å². The second-order valence-corrected chi connectivity index (χ2v) is 4.56. The zero-order valence-electron chi connectivity index (χ0n) is 12.1. The van der Waals surface area contributed by atoms with Crippen LogP contribution in [0.2, 0.25) is 0 Å². The van der Waals surface area contributed by atoms with Gasteiger partial charge >= 0.3 is 6.61 Å². The van der Waals surface area contributed by atoms with Crippen molar-refractivity contribution in [2.24, 2.45) is 0 Å². The zero-order valence-corrected chi connectivity index (χ0v) is 12.1. The molecule has 0 aliphatic heterocycles. The Morgan fingerprint density at radius 2 is 1.95 bits per heavy atom. The molecule has 0 fully saturated rings. The monoisotopic (exact) mass is 287 g/mol. The molecule has 0 amide bonds. The van der Waals surface area contributed by atoms with Gasteiger partial charge in [-0.1, -0.05) is 25.1 Å². The van der Waals surface area contributed by atoms with Crippen LogP contribution in [0.15, 0.2) is 24.3 Å². The van der Waals surface area contributed by atoms with Gasteiger partial charge in [-0.15, -0.1) is 0 Å². The fraction of sp³-hybridized carbons (Fsp3) is 0.600. The van der Waals surface area contributed by atoms with Crippen LogP contribution in [0.1, 0.15) is 38.3 Å². The van der Waals surface area contributed by atoms with Crippen LogP contribution in [-0.2, 0) is 4.74 Å². The van der Waals surface area contributed by atoms with Crippen LogP contribution in [0, 0.1) is 0 Å². The van der Waals surface area contributed by atoms with E-state index in [9.17, 15) is 8.78 Å². The average molecular weight is 287 g/mol. The van der Waals surface area contributed by atoms with Gasteiger partial charge in [-0.3, -0.25) is 0 Å². The summed E-state index contributed by atoms with van der Waals surface area (Å²) in [5.41, 5.74) is 0.738. The van der Waals surface area contributed by atoms with Crippen LogP contribution in [-0.4, -0.2) is 26.4 Å². The van der Waals surface area contributed by atoms with Gasteiger partial charge in [-0.2, -0.15) is 8.78 Å². The molecule has 5 heteroatoms. The molecule has 0 aliphatic rings. The number of benzene rings is 1. The van der Waals surface area contributed by atoms with Crippen molar-refractivity contribution in [3.8, 4) is 5.75 Å². The Kier molecular flexibility index (Phi) is 8.14. The van der Waals surface area contributed by atoms with E-state index in [4.69, 9.17) is 4.74 Å². The predicted octanol–water partition coefficient (Wildman–Crippen LogP) is 3.76. The fourth-order valence-corrected chi connectivity index (χ4v) is 1.89. The third-order valence-electron chi connectivity index (χ3n) is 2.87. The van der Waals surface area contributed by atoms with Crippen LogP contribution in [0.5, 0.6) is 5.75 Å². The summed E-state index contributed by atoms with van der Waals surface area (Å²) in [6.07, 6.45) is 1.91. The van der Waals surface area contributed by atoms with E-state index in [1.54, 1.807) is 18.2 Å². The summed E-state index contributed by atoms with van der Waals surface area (Å²) in [6, 6.07) is 6.81. The van der Waals surface area contributed by atoms with Crippen LogP contribution in [0.3, 0.4) is 0 Å². The Labute approximate surface area is 119 Å². The maximum Gasteiger partial charge on any atom is 0.387 e. The fourth-order valence-electron chi connectivity index (χ4n) is 1.89. The summed E-state index contributed by atoms with van der Waals surface area (Å²) in [4.78, 5) is 0. The molecule has 0 aromatic heterocycles. The van der Waals surface area contributed by atoms with Crippen molar-refractivity contribution in [2.45, 2.75) is 39.3 Å². The van der Waals surface area contributed by atoms with E-state index in [2.05, 4.69) is 17.0 Å². The largest absolute Gasteiger partial charge is 0.434 e. The van der Waals surface area contributed by atoms with Gasteiger partial charge in [0, 0.05) is 24.8 Å². The van der Waals surface area contributed by atoms with Crippen molar-refractivity contribution >= 4 is 0 Å². The molecule has 0 bridgehead atoms. The minimum absolute atomic E-state index is 0.0453. The van der Waals surface area contributed by atoms with E-state index in [1.807, 2.05) is 13.0 Å². The Morgan fingerprint density at radius 3 is 2.65 bits per heavy atom. The Bertz CT molecular complexity index is 375. The molecular formula is C15H23F2NO2. The summed E-state index contributed by atoms with van der Waals surface area (Å²) >= 11 is 0. The van der Waals surface area contributed by atoms with Gasteiger partial charge in [0.15, 0.2) is 0 Å². The second kappa shape index (κ2) is 9.66. The van der Waals surface area contributed by atoms with E-state index in [0.29, 0.717) is 6.61 Å². The number of alkyl halides is 2. The number of hydrogen-bond donors (Lipinski definition) is 1. The highest BCUT2D eigenvalue weighted by Gasteiger charge is 2.13. The summed E-state index contributed by atoms with van der Waals surface area (Å²) < 4.78 is 34.6. The lowest BCUT2D eigenvalue weighted by atomic mass is 10.1. The van der Waals surface area contributed by atoms with Crippen molar-refractivity contribution in [2.75, 3.05) is 19.8 Å². The molecule has 1 aromatic carbocycles. The van der Waals surface area contributed by atoms with E-state index in [1.165, 1.54) is 0 Å². The topological polar surface area (TPSA) is 30.5 Å². The Hall–Kier alpha value is -1.20. The van der Waals surface area contributed by atoms with E-state index < -0.39 is 6.61 Å². The SMILES string of the molecule is CCCOCCCNC(C)c1ccccc1OC(F)F. The highest BCUT2D eigenvalue weighted by molar-refractivity contribution is 5.35. The lowest BCUT2D eigenvalue weighted by molar-refractivity contribution is -0.0506. The normalized spacial score (nSPS) is 12.7. The Balaban J connectivity index is 2.40. The lowest BCUT2D eigenvalue weighted by Crippen LogP contribution is -2.22. The minimum atomic E-state index is -2.80. The van der Waals surface area contributed by atoms with Gasteiger partial charge < -0.3 is 14.8 Å². The summed E-state index contributed by atoms with van der Waals surface area (Å²) in [6.45, 7) is 3.46. The first kappa shape index (κ1) is 16.9. The van der Waals surface area contributed by atoms with Gasteiger partial charge in [0.2, 0.25) is 0 Å². The molecule has 114 valence electrons. The van der Waals surface area contributed by atoms with Crippen LogP contribution in [0.4, 0.5) is 8.78 Å². The zero-order chi connectivity index (χ0) is 14.8. The third-order valence-corrected chi connectivity index (χ3v) is 2.87. The number of rotatable bonds is 10. The van der Waals surface area contributed by atoms with Crippen LogP contribution in [0.25, 0.3) is 0 Å².